The number of nitrogens with one attached hydrogen (secondary N) is 1. The van der Waals surface area contributed by atoms with Gasteiger partial charge in [-0.25, -0.2) is 8.78 Å². The molecule has 0 amide bonds. The van der Waals surface area contributed by atoms with Gasteiger partial charge in [0.2, 0.25) is 0 Å². The Morgan fingerprint density at radius 2 is 1.75 bits per heavy atom. The van der Waals surface area contributed by atoms with E-state index < -0.39 is 13.0 Å². The number of rotatable bonds is 5. The van der Waals surface area contributed by atoms with Crippen LogP contribution in [0.4, 0.5) is 8.78 Å². The van der Waals surface area contributed by atoms with E-state index in [1.807, 2.05) is 0 Å². The Morgan fingerprint density at radius 3 is 2.19 bits per heavy atom. The van der Waals surface area contributed by atoms with Crippen molar-refractivity contribution in [1.29, 1.82) is 0 Å². The predicted octanol–water partition coefficient (Wildman–Crippen LogP) is 2.85. The molecular weight excluding hydrogens is 257 g/mol. The van der Waals surface area contributed by atoms with Crippen molar-refractivity contribution in [3.8, 4) is 0 Å². The quantitative estimate of drug-likeness (QED) is 0.862. The number of hydrogen-bond acceptors (Lipinski definition) is 2. The van der Waals surface area contributed by atoms with E-state index in [9.17, 15) is 8.78 Å². The number of benzene rings is 1. The third-order valence-electron chi connectivity index (χ3n) is 2.04. The molecule has 90 valence electrons. The summed E-state index contributed by atoms with van der Waals surface area (Å²) >= 11 is 11.6. The van der Waals surface area contributed by atoms with E-state index in [1.165, 1.54) is 0 Å². The molecule has 0 aliphatic heterocycles. The highest BCUT2D eigenvalue weighted by Crippen LogP contribution is 2.23. The lowest BCUT2D eigenvalue weighted by atomic mass is 10.1. The average molecular weight is 269 g/mol. The number of alkyl halides is 2. The molecule has 1 rings (SSSR count). The minimum Gasteiger partial charge on any atom is -0.329 e. The fraction of sp³-hybridized carbons (Fsp3) is 0.400. The molecule has 0 spiro atoms. The molecule has 0 saturated heterocycles. The molecule has 1 unspecified atom stereocenters. The molecule has 0 aromatic heterocycles. The summed E-state index contributed by atoms with van der Waals surface area (Å²) in [5.41, 5.74) is 6.21. The van der Waals surface area contributed by atoms with Crippen LogP contribution in [0, 0.1) is 0 Å². The molecule has 0 saturated carbocycles. The maximum absolute atomic E-state index is 12.1. The van der Waals surface area contributed by atoms with Crippen molar-refractivity contribution in [2.24, 2.45) is 5.73 Å². The number of hydrogen-bond donors (Lipinski definition) is 2. The lowest BCUT2D eigenvalue weighted by Gasteiger charge is -2.17. The molecule has 16 heavy (non-hydrogen) atoms. The van der Waals surface area contributed by atoms with Crippen molar-refractivity contribution in [3.63, 3.8) is 0 Å². The Labute approximate surface area is 103 Å². The van der Waals surface area contributed by atoms with Crippen LogP contribution in [0.15, 0.2) is 18.2 Å². The molecule has 0 aliphatic carbocycles. The van der Waals surface area contributed by atoms with Crippen molar-refractivity contribution in [2.75, 3.05) is 13.1 Å². The van der Waals surface area contributed by atoms with Gasteiger partial charge < -0.3 is 11.1 Å². The first-order chi connectivity index (χ1) is 7.52. The van der Waals surface area contributed by atoms with Gasteiger partial charge in [0.1, 0.15) is 0 Å². The SMILES string of the molecule is NCC(NCC(F)F)c1cc(Cl)cc(Cl)c1. The summed E-state index contributed by atoms with van der Waals surface area (Å²) in [5, 5.41) is 3.56. The molecule has 0 radical (unpaired) electrons. The first-order valence-corrected chi connectivity index (χ1v) is 5.46. The van der Waals surface area contributed by atoms with Gasteiger partial charge in [0.15, 0.2) is 0 Å². The van der Waals surface area contributed by atoms with Gasteiger partial charge in [0, 0.05) is 22.6 Å². The second kappa shape index (κ2) is 6.35. The van der Waals surface area contributed by atoms with E-state index in [0.717, 1.165) is 0 Å². The topological polar surface area (TPSA) is 38.0 Å². The lowest BCUT2D eigenvalue weighted by molar-refractivity contribution is 0.141. The summed E-state index contributed by atoms with van der Waals surface area (Å²) < 4.78 is 24.1. The Morgan fingerprint density at radius 1 is 1.19 bits per heavy atom. The lowest BCUT2D eigenvalue weighted by Crippen LogP contribution is -2.31. The smallest absolute Gasteiger partial charge is 0.250 e. The first-order valence-electron chi connectivity index (χ1n) is 4.70. The highest BCUT2D eigenvalue weighted by Gasteiger charge is 2.12. The maximum atomic E-state index is 12.1. The molecule has 0 heterocycles. The fourth-order valence-electron chi connectivity index (χ4n) is 1.34. The zero-order chi connectivity index (χ0) is 12.1. The van der Waals surface area contributed by atoms with Crippen molar-refractivity contribution >= 4 is 23.2 Å². The van der Waals surface area contributed by atoms with Gasteiger partial charge in [-0.15, -0.1) is 0 Å². The van der Waals surface area contributed by atoms with Crippen LogP contribution < -0.4 is 11.1 Å². The van der Waals surface area contributed by atoms with Crippen LogP contribution in [0.2, 0.25) is 10.0 Å². The maximum Gasteiger partial charge on any atom is 0.250 e. The van der Waals surface area contributed by atoms with E-state index in [-0.39, 0.29) is 12.6 Å². The molecule has 0 bridgehead atoms. The molecule has 1 aromatic carbocycles. The fourth-order valence-corrected chi connectivity index (χ4v) is 1.89. The van der Waals surface area contributed by atoms with E-state index in [2.05, 4.69) is 5.32 Å². The number of halogens is 4. The molecule has 6 heteroatoms. The zero-order valence-electron chi connectivity index (χ0n) is 8.39. The summed E-state index contributed by atoms with van der Waals surface area (Å²) in [5.74, 6) is 0. The van der Waals surface area contributed by atoms with Gasteiger partial charge in [0.05, 0.1) is 6.54 Å². The highest BCUT2D eigenvalue weighted by atomic mass is 35.5. The van der Waals surface area contributed by atoms with Gasteiger partial charge in [-0.05, 0) is 23.8 Å². The van der Waals surface area contributed by atoms with Gasteiger partial charge in [-0.2, -0.15) is 0 Å². The minimum absolute atomic E-state index is 0.198. The summed E-state index contributed by atoms with van der Waals surface area (Å²) in [6, 6.07) is 4.52. The van der Waals surface area contributed by atoms with Gasteiger partial charge in [-0.3, -0.25) is 0 Å². The van der Waals surface area contributed by atoms with E-state index in [1.54, 1.807) is 18.2 Å². The van der Waals surface area contributed by atoms with Gasteiger partial charge in [0.25, 0.3) is 6.43 Å². The van der Waals surface area contributed by atoms with Crippen molar-refractivity contribution in [1.82, 2.24) is 5.32 Å². The summed E-state index contributed by atoms with van der Waals surface area (Å²) in [7, 11) is 0. The largest absolute Gasteiger partial charge is 0.329 e. The Kier molecular flexibility index (Phi) is 5.41. The van der Waals surface area contributed by atoms with E-state index in [0.29, 0.717) is 15.6 Å². The molecule has 3 N–H and O–H groups in total. The second-order valence-electron chi connectivity index (χ2n) is 3.29. The van der Waals surface area contributed by atoms with E-state index >= 15 is 0 Å². The van der Waals surface area contributed by atoms with Crippen LogP contribution in [0.3, 0.4) is 0 Å². The molecule has 0 fully saturated rings. The summed E-state index contributed by atoms with van der Waals surface area (Å²) in [6.07, 6.45) is -2.41. The monoisotopic (exact) mass is 268 g/mol. The van der Waals surface area contributed by atoms with Gasteiger partial charge in [-0.1, -0.05) is 23.2 Å². The van der Waals surface area contributed by atoms with E-state index in [4.69, 9.17) is 28.9 Å². The Balaban J connectivity index is 2.78. The van der Waals surface area contributed by atoms with Crippen LogP contribution in [0.25, 0.3) is 0 Å². The molecule has 0 aliphatic rings. The molecule has 2 nitrogen and oxygen atoms in total. The Bertz CT molecular complexity index is 327. The third-order valence-corrected chi connectivity index (χ3v) is 2.48. The highest BCUT2D eigenvalue weighted by molar-refractivity contribution is 6.34. The summed E-state index contributed by atoms with van der Waals surface area (Å²) in [4.78, 5) is 0. The molecular formula is C10H12Cl2F2N2. The third kappa shape index (κ3) is 4.22. The second-order valence-corrected chi connectivity index (χ2v) is 4.16. The summed E-state index contributed by atoms with van der Waals surface area (Å²) in [6.45, 7) is -0.213. The minimum atomic E-state index is -2.41. The molecule has 1 aromatic rings. The van der Waals surface area contributed by atoms with Crippen LogP contribution in [0.1, 0.15) is 11.6 Å². The van der Waals surface area contributed by atoms with Crippen molar-refractivity contribution in [2.45, 2.75) is 12.5 Å². The van der Waals surface area contributed by atoms with Crippen molar-refractivity contribution in [3.05, 3.63) is 33.8 Å². The van der Waals surface area contributed by atoms with Gasteiger partial charge >= 0.3 is 0 Å². The van der Waals surface area contributed by atoms with Crippen molar-refractivity contribution < 1.29 is 8.78 Å². The normalized spacial score (nSPS) is 13.1. The Hall–Kier alpha value is -0.420. The van der Waals surface area contributed by atoms with Crippen LogP contribution in [-0.2, 0) is 0 Å². The zero-order valence-corrected chi connectivity index (χ0v) is 9.90. The van der Waals surface area contributed by atoms with Crippen LogP contribution >= 0.6 is 23.2 Å². The first kappa shape index (κ1) is 13.6. The average Bonchev–Trinajstić information content (AvgIpc) is 2.16. The van der Waals surface area contributed by atoms with Crippen LogP contribution in [0.5, 0.6) is 0 Å². The van der Waals surface area contributed by atoms with Crippen LogP contribution in [-0.4, -0.2) is 19.5 Å². The predicted molar refractivity (Wildman–Crippen MR) is 62.3 cm³/mol. The molecule has 1 atom stereocenters. The number of nitrogens with two attached hydrogens (primary N) is 1. The standard InChI is InChI=1S/C10H12Cl2F2N2/c11-7-1-6(2-8(12)3-7)9(4-15)16-5-10(13)14/h1-3,9-10,16H,4-5,15H2.